The third kappa shape index (κ3) is 3.39. The van der Waals surface area contributed by atoms with Gasteiger partial charge in [-0.05, 0) is 24.8 Å². The molecule has 1 aromatic carbocycles. The van der Waals surface area contributed by atoms with E-state index in [-0.39, 0.29) is 23.3 Å². The van der Waals surface area contributed by atoms with Crippen LogP contribution in [0.15, 0.2) is 30.3 Å². The molecular weight excluding hydrogens is 290 g/mol. The van der Waals surface area contributed by atoms with Gasteiger partial charge in [-0.15, -0.1) is 0 Å². The molecule has 5 nitrogen and oxygen atoms in total. The summed E-state index contributed by atoms with van der Waals surface area (Å²) in [5.74, 6) is 0.249. The number of rotatable bonds is 3. The zero-order valence-electron chi connectivity index (χ0n) is 13.9. The normalized spacial score (nSPS) is 23.7. The second kappa shape index (κ2) is 6.32. The highest BCUT2D eigenvalue weighted by molar-refractivity contribution is 5.87. The Kier molecular flexibility index (Phi) is 4.39. The number of carbonyl (C=O) groups is 2. The minimum atomic E-state index is -0.0880. The molecule has 2 saturated heterocycles. The van der Waals surface area contributed by atoms with Gasteiger partial charge in [0.05, 0.1) is 12.5 Å². The summed E-state index contributed by atoms with van der Waals surface area (Å²) >= 11 is 0. The molecule has 2 heterocycles. The highest BCUT2D eigenvalue weighted by Crippen LogP contribution is 2.39. The van der Waals surface area contributed by atoms with Gasteiger partial charge in [-0.25, -0.2) is 0 Å². The van der Waals surface area contributed by atoms with Crippen LogP contribution in [0, 0.1) is 0 Å². The topological polar surface area (TPSA) is 52.7 Å². The van der Waals surface area contributed by atoms with E-state index < -0.39 is 0 Å². The first-order valence-electron chi connectivity index (χ1n) is 8.29. The van der Waals surface area contributed by atoms with Crippen molar-refractivity contribution in [3.63, 3.8) is 0 Å². The van der Waals surface area contributed by atoms with E-state index in [1.165, 1.54) is 0 Å². The van der Waals surface area contributed by atoms with Gasteiger partial charge in [0.1, 0.15) is 0 Å². The van der Waals surface area contributed by atoms with Crippen molar-refractivity contribution in [2.45, 2.75) is 30.7 Å². The van der Waals surface area contributed by atoms with Crippen LogP contribution in [0.4, 0.5) is 0 Å². The lowest BCUT2D eigenvalue weighted by Gasteiger charge is -2.39. The average Bonchev–Trinajstić information content (AvgIpc) is 2.87. The van der Waals surface area contributed by atoms with E-state index in [1.807, 2.05) is 30.3 Å². The van der Waals surface area contributed by atoms with E-state index in [9.17, 15) is 9.59 Å². The molecule has 124 valence electrons. The lowest BCUT2D eigenvalue weighted by atomic mass is 9.82. The molecule has 1 unspecified atom stereocenters. The fraction of sp³-hybridized carbons (Fsp3) is 0.556. The van der Waals surface area contributed by atoms with Gasteiger partial charge in [-0.2, -0.15) is 0 Å². The summed E-state index contributed by atoms with van der Waals surface area (Å²) in [4.78, 5) is 28.1. The van der Waals surface area contributed by atoms with Crippen LogP contribution >= 0.6 is 0 Å². The van der Waals surface area contributed by atoms with Crippen molar-refractivity contribution in [1.29, 1.82) is 0 Å². The van der Waals surface area contributed by atoms with E-state index >= 15 is 0 Å². The Morgan fingerprint density at radius 1 is 1.26 bits per heavy atom. The van der Waals surface area contributed by atoms with E-state index in [0.717, 1.165) is 37.9 Å². The fourth-order valence-electron chi connectivity index (χ4n) is 3.64. The smallest absolute Gasteiger partial charge is 0.236 e. The quantitative estimate of drug-likeness (QED) is 0.912. The Morgan fingerprint density at radius 3 is 2.52 bits per heavy atom. The van der Waals surface area contributed by atoms with Gasteiger partial charge in [0.25, 0.3) is 0 Å². The minimum Gasteiger partial charge on any atom is -0.350 e. The maximum Gasteiger partial charge on any atom is 0.236 e. The summed E-state index contributed by atoms with van der Waals surface area (Å²) in [6.07, 6.45) is 2.71. The molecule has 0 radical (unpaired) electrons. The number of benzene rings is 1. The van der Waals surface area contributed by atoms with Crippen LogP contribution in [0.1, 0.15) is 30.7 Å². The lowest BCUT2D eigenvalue weighted by Crippen LogP contribution is -2.52. The zero-order chi connectivity index (χ0) is 16.4. The first-order valence-corrected chi connectivity index (χ1v) is 8.29. The van der Waals surface area contributed by atoms with Crippen LogP contribution in [0.2, 0.25) is 0 Å². The van der Waals surface area contributed by atoms with Crippen molar-refractivity contribution in [3.8, 4) is 0 Å². The van der Waals surface area contributed by atoms with Crippen LogP contribution < -0.4 is 5.32 Å². The Balaban J connectivity index is 1.61. The predicted molar refractivity (Wildman–Crippen MR) is 89.0 cm³/mol. The Bertz CT molecular complexity index is 577. The van der Waals surface area contributed by atoms with Gasteiger partial charge in [0, 0.05) is 32.7 Å². The van der Waals surface area contributed by atoms with Gasteiger partial charge in [-0.3, -0.25) is 14.5 Å². The SMILES string of the molecule is CN(C)C(=O)CN1CCC2(CC1)CC(c1ccccc1)C(=O)N2. The fourth-order valence-corrected chi connectivity index (χ4v) is 3.64. The standard InChI is InChI=1S/C18H25N3O2/c1-20(2)16(22)13-21-10-8-18(9-11-21)12-15(17(23)19-18)14-6-4-3-5-7-14/h3-7,15H,8-13H2,1-2H3,(H,19,23). The average molecular weight is 315 g/mol. The number of piperidine rings is 1. The van der Waals surface area contributed by atoms with E-state index in [1.54, 1.807) is 19.0 Å². The van der Waals surface area contributed by atoms with Crippen LogP contribution in [-0.2, 0) is 9.59 Å². The second-order valence-electron chi connectivity index (χ2n) is 7.00. The highest BCUT2D eigenvalue weighted by Gasteiger charge is 2.46. The molecule has 1 N–H and O–H groups in total. The summed E-state index contributed by atoms with van der Waals surface area (Å²) in [6.45, 7) is 2.20. The van der Waals surface area contributed by atoms with Crippen molar-refractivity contribution in [3.05, 3.63) is 35.9 Å². The molecule has 0 aromatic heterocycles. The third-order valence-electron chi connectivity index (χ3n) is 5.17. The molecule has 3 rings (SSSR count). The number of likely N-dealkylation sites (N-methyl/N-ethyl adjacent to an activating group) is 1. The summed E-state index contributed by atoms with van der Waals surface area (Å²) in [5, 5.41) is 3.25. The van der Waals surface area contributed by atoms with Crippen molar-refractivity contribution < 1.29 is 9.59 Å². The number of nitrogens with zero attached hydrogens (tertiary/aromatic N) is 2. The Hall–Kier alpha value is -1.88. The Labute approximate surface area is 137 Å². The molecule has 1 spiro atoms. The number of nitrogens with one attached hydrogen (secondary N) is 1. The van der Waals surface area contributed by atoms with Crippen LogP contribution in [0.5, 0.6) is 0 Å². The molecule has 23 heavy (non-hydrogen) atoms. The van der Waals surface area contributed by atoms with Crippen molar-refractivity contribution in [1.82, 2.24) is 15.1 Å². The molecule has 2 aliphatic heterocycles. The van der Waals surface area contributed by atoms with Gasteiger partial charge in [0.2, 0.25) is 11.8 Å². The lowest BCUT2D eigenvalue weighted by molar-refractivity contribution is -0.130. The molecule has 5 heteroatoms. The maximum atomic E-state index is 12.4. The third-order valence-corrected chi connectivity index (χ3v) is 5.17. The molecule has 0 aliphatic carbocycles. The van der Waals surface area contributed by atoms with Gasteiger partial charge < -0.3 is 10.2 Å². The summed E-state index contributed by atoms with van der Waals surface area (Å²) in [5.41, 5.74) is 1.02. The zero-order valence-corrected chi connectivity index (χ0v) is 13.9. The number of hydrogen-bond acceptors (Lipinski definition) is 3. The number of hydrogen-bond donors (Lipinski definition) is 1. The van der Waals surface area contributed by atoms with Gasteiger partial charge in [-0.1, -0.05) is 30.3 Å². The molecule has 0 saturated carbocycles. The van der Waals surface area contributed by atoms with E-state index in [4.69, 9.17) is 0 Å². The van der Waals surface area contributed by atoms with Gasteiger partial charge in [0.15, 0.2) is 0 Å². The summed E-state index contributed by atoms with van der Waals surface area (Å²) in [7, 11) is 3.57. The van der Waals surface area contributed by atoms with Gasteiger partial charge >= 0.3 is 0 Å². The number of amides is 2. The minimum absolute atomic E-state index is 0.0360. The van der Waals surface area contributed by atoms with Crippen LogP contribution in [0.3, 0.4) is 0 Å². The highest BCUT2D eigenvalue weighted by atomic mass is 16.2. The van der Waals surface area contributed by atoms with Crippen LogP contribution in [0.25, 0.3) is 0 Å². The van der Waals surface area contributed by atoms with E-state index in [0.29, 0.717) is 6.54 Å². The molecule has 1 atom stereocenters. The number of carbonyl (C=O) groups excluding carboxylic acids is 2. The number of likely N-dealkylation sites (tertiary alicyclic amines) is 1. The summed E-state index contributed by atoms with van der Waals surface area (Å²) in [6, 6.07) is 10.0. The van der Waals surface area contributed by atoms with Crippen LogP contribution in [-0.4, -0.2) is 60.9 Å². The van der Waals surface area contributed by atoms with Crippen molar-refractivity contribution >= 4 is 11.8 Å². The molecule has 2 amide bonds. The molecule has 2 fully saturated rings. The first kappa shape index (κ1) is 16.0. The molecule has 2 aliphatic rings. The van der Waals surface area contributed by atoms with Crippen molar-refractivity contribution in [2.24, 2.45) is 0 Å². The Morgan fingerprint density at radius 2 is 1.91 bits per heavy atom. The largest absolute Gasteiger partial charge is 0.350 e. The first-order chi connectivity index (χ1) is 11.0. The van der Waals surface area contributed by atoms with Crippen molar-refractivity contribution in [2.75, 3.05) is 33.7 Å². The molecule has 1 aromatic rings. The maximum absolute atomic E-state index is 12.4. The molecule has 0 bridgehead atoms. The summed E-state index contributed by atoms with van der Waals surface area (Å²) < 4.78 is 0. The predicted octanol–water partition coefficient (Wildman–Crippen LogP) is 1.21. The molecular formula is C18H25N3O2. The van der Waals surface area contributed by atoms with E-state index in [2.05, 4.69) is 10.2 Å². The second-order valence-corrected chi connectivity index (χ2v) is 7.00. The monoisotopic (exact) mass is 315 g/mol.